The van der Waals surface area contributed by atoms with Crippen molar-refractivity contribution in [1.29, 1.82) is 0 Å². The molecule has 1 heterocycles. The van der Waals surface area contributed by atoms with Crippen LogP contribution in [0.25, 0.3) is 0 Å². The van der Waals surface area contributed by atoms with E-state index in [0.717, 1.165) is 12.8 Å². The molecule has 0 unspecified atom stereocenters. The number of hydrogen-bond donors (Lipinski definition) is 1. The Kier molecular flexibility index (Phi) is 2.00. The molecule has 0 aliphatic heterocycles. The molecule has 1 amide bonds. The SMILES string of the molecule is Cn1ncc(Cl)c1C(=O)NC1CC1. The van der Waals surface area contributed by atoms with Crippen LogP contribution in [0.1, 0.15) is 23.3 Å². The van der Waals surface area contributed by atoms with Crippen LogP contribution in [-0.2, 0) is 7.05 Å². The van der Waals surface area contributed by atoms with E-state index < -0.39 is 0 Å². The highest BCUT2D eigenvalue weighted by molar-refractivity contribution is 6.33. The van der Waals surface area contributed by atoms with Crippen LogP contribution in [-0.4, -0.2) is 21.7 Å². The Labute approximate surface area is 80.9 Å². The van der Waals surface area contributed by atoms with Crippen LogP contribution in [0.4, 0.5) is 0 Å². The van der Waals surface area contributed by atoms with Crippen molar-refractivity contribution >= 4 is 17.5 Å². The summed E-state index contributed by atoms with van der Waals surface area (Å²) < 4.78 is 1.49. The summed E-state index contributed by atoms with van der Waals surface area (Å²) in [4.78, 5) is 11.5. The van der Waals surface area contributed by atoms with Crippen molar-refractivity contribution in [2.75, 3.05) is 0 Å². The van der Waals surface area contributed by atoms with Gasteiger partial charge >= 0.3 is 0 Å². The van der Waals surface area contributed by atoms with Gasteiger partial charge in [0.05, 0.1) is 11.2 Å². The second-order valence-corrected chi connectivity index (χ2v) is 3.62. The predicted molar refractivity (Wildman–Crippen MR) is 48.7 cm³/mol. The summed E-state index contributed by atoms with van der Waals surface area (Å²) in [5, 5.41) is 7.15. The second kappa shape index (κ2) is 3.03. The van der Waals surface area contributed by atoms with E-state index in [2.05, 4.69) is 10.4 Å². The molecule has 1 aromatic heterocycles. The number of amides is 1. The Morgan fingerprint density at radius 3 is 2.92 bits per heavy atom. The van der Waals surface area contributed by atoms with Gasteiger partial charge in [0.15, 0.2) is 0 Å². The number of carbonyl (C=O) groups is 1. The first-order valence-corrected chi connectivity index (χ1v) is 4.54. The van der Waals surface area contributed by atoms with E-state index in [1.165, 1.54) is 10.9 Å². The lowest BCUT2D eigenvalue weighted by Gasteiger charge is -2.03. The van der Waals surface area contributed by atoms with Crippen molar-refractivity contribution in [3.63, 3.8) is 0 Å². The molecule has 1 N–H and O–H groups in total. The zero-order valence-corrected chi connectivity index (χ0v) is 8.01. The highest BCUT2D eigenvalue weighted by atomic mass is 35.5. The number of aromatic nitrogens is 2. The molecule has 1 aliphatic carbocycles. The third-order valence-corrected chi connectivity index (χ3v) is 2.30. The van der Waals surface area contributed by atoms with Crippen LogP contribution in [0.15, 0.2) is 6.20 Å². The molecule has 0 atom stereocenters. The zero-order chi connectivity index (χ0) is 9.42. The first-order chi connectivity index (χ1) is 6.18. The topological polar surface area (TPSA) is 46.9 Å². The average Bonchev–Trinajstić information content (AvgIpc) is 2.79. The fourth-order valence-corrected chi connectivity index (χ4v) is 1.40. The highest BCUT2D eigenvalue weighted by Gasteiger charge is 2.26. The van der Waals surface area contributed by atoms with Crippen LogP contribution < -0.4 is 5.32 Å². The molecule has 70 valence electrons. The van der Waals surface area contributed by atoms with Crippen molar-refractivity contribution in [3.8, 4) is 0 Å². The van der Waals surface area contributed by atoms with Gasteiger partial charge in [-0.25, -0.2) is 0 Å². The zero-order valence-electron chi connectivity index (χ0n) is 7.25. The monoisotopic (exact) mass is 199 g/mol. The van der Waals surface area contributed by atoms with E-state index >= 15 is 0 Å². The standard InChI is InChI=1S/C8H10ClN3O/c1-12-7(6(9)4-10-12)8(13)11-5-2-3-5/h4-5H,2-3H2,1H3,(H,11,13). The van der Waals surface area contributed by atoms with E-state index in [9.17, 15) is 4.79 Å². The molecule has 5 heteroatoms. The van der Waals surface area contributed by atoms with Gasteiger partial charge in [0.2, 0.25) is 0 Å². The third kappa shape index (κ3) is 1.67. The molecular formula is C8H10ClN3O. The summed E-state index contributed by atoms with van der Waals surface area (Å²) in [5.41, 5.74) is 0.438. The van der Waals surface area contributed by atoms with E-state index in [4.69, 9.17) is 11.6 Å². The minimum Gasteiger partial charge on any atom is -0.348 e. The normalized spacial score (nSPS) is 15.8. The van der Waals surface area contributed by atoms with Gasteiger partial charge in [0, 0.05) is 13.1 Å². The average molecular weight is 200 g/mol. The number of halogens is 1. The first-order valence-electron chi connectivity index (χ1n) is 4.17. The largest absolute Gasteiger partial charge is 0.348 e. The summed E-state index contributed by atoms with van der Waals surface area (Å²) in [5.74, 6) is -0.132. The molecule has 0 spiro atoms. The summed E-state index contributed by atoms with van der Waals surface area (Å²) in [6.45, 7) is 0. The minimum absolute atomic E-state index is 0.132. The van der Waals surface area contributed by atoms with Gasteiger partial charge in [0.1, 0.15) is 5.69 Å². The summed E-state index contributed by atoms with van der Waals surface area (Å²) in [6, 6.07) is 0.346. The molecular weight excluding hydrogens is 190 g/mol. The van der Waals surface area contributed by atoms with Gasteiger partial charge in [-0.2, -0.15) is 5.10 Å². The minimum atomic E-state index is -0.132. The molecule has 0 saturated heterocycles. The van der Waals surface area contributed by atoms with E-state index in [0.29, 0.717) is 16.8 Å². The summed E-state index contributed by atoms with van der Waals surface area (Å²) >= 11 is 5.80. The van der Waals surface area contributed by atoms with Crippen molar-refractivity contribution in [1.82, 2.24) is 15.1 Å². The summed E-state index contributed by atoms with van der Waals surface area (Å²) in [7, 11) is 1.70. The number of nitrogens with one attached hydrogen (secondary N) is 1. The van der Waals surface area contributed by atoms with Crippen molar-refractivity contribution in [2.45, 2.75) is 18.9 Å². The van der Waals surface area contributed by atoms with E-state index in [-0.39, 0.29) is 5.91 Å². The molecule has 0 radical (unpaired) electrons. The highest BCUT2D eigenvalue weighted by Crippen LogP contribution is 2.21. The maximum Gasteiger partial charge on any atom is 0.271 e. The fraction of sp³-hybridized carbons (Fsp3) is 0.500. The fourth-order valence-electron chi connectivity index (χ4n) is 1.15. The molecule has 2 rings (SSSR count). The molecule has 0 bridgehead atoms. The molecule has 4 nitrogen and oxygen atoms in total. The lowest BCUT2D eigenvalue weighted by atomic mass is 10.4. The Bertz CT molecular complexity index is 324. The number of rotatable bonds is 2. The van der Waals surface area contributed by atoms with Gasteiger partial charge in [-0.3, -0.25) is 9.48 Å². The number of aryl methyl sites for hydroxylation is 1. The van der Waals surface area contributed by atoms with Gasteiger partial charge in [-0.05, 0) is 12.8 Å². The van der Waals surface area contributed by atoms with Crippen LogP contribution >= 0.6 is 11.6 Å². The molecule has 1 aliphatic rings. The van der Waals surface area contributed by atoms with Gasteiger partial charge in [-0.1, -0.05) is 11.6 Å². The number of carbonyl (C=O) groups excluding carboxylic acids is 1. The predicted octanol–water partition coefficient (Wildman–Crippen LogP) is 0.966. The lowest BCUT2D eigenvalue weighted by Crippen LogP contribution is -2.27. The number of hydrogen-bond acceptors (Lipinski definition) is 2. The van der Waals surface area contributed by atoms with Crippen LogP contribution in [0, 0.1) is 0 Å². The maximum atomic E-state index is 11.5. The molecule has 0 aromatic carbocycles. The first kappa shape index (κ1) is 8.56. The molecule has 1 fully saturated rings. The maximum absolute atomic E-state index is 11.5. The van der Waals surface area contributed by atoms with Crippen molar-refractivity contribution in [2.24, 2.45) is 7.05 Å². The lowest BCUT2D eigenvalue weighted by molar-refractivity contribution is 0.0942. The molecule has 1 aromatic rings. The quantitative estimate of drug-likeness (QED) is 0.772. The Morgan fingerprint density at radius 1 is 1.77 bits per heavy atom. The van der Waals surface area contributed by atoms with E-state index in [1.807, 2.05) is 0 Å². The number of nitrogens with zero attached hydrogens (tertiary/aromatic N) is 2. The third-order valence-electron chi connectivity index (χ3n) is 2.02. The van der Waals surface area contributed by atoms with Crippen LogP contribution in [0.3, 0.4) is 0 Å². The van der Waals surface area contributed by atoms with E-state index in [1.54, 1.807) is 7.05 Å². The van der Waals surface area contributed by atoms with Crippen LogP contribution in [0.2, 0.25) is 5.02 Å². The Hall–Kier alpha value is -1.03. The second-order valence-electron chi connectivity index (χ2n) is 3.21. The summed E-state index contributed by atoms with van der Waals surface area (Å²) in [6.07, 6.45) is 3.62. The van der Waals surface area contributed by atoms with Crippen molar-refractivity contribution < 1.29 is 4.79 Å². The molecule has 13 heavy (non-hydrogen) atoms. The molecule has 1 saturated carbocycles. The Balaban J connectivity index is 2.17. The smallest absolute Gasteiger partial charge is 0.271 e. The van der Waals surface area contributed by atoms with Gasteiger partial charge in [0.25, 0.3) is 5.91 Å². The van der Waals surface area contributed by atoms with Crippen molar-refractivity contribution in [3.05, 3.63) is 16.9 Å². The van der Waals surface area contributed by atoms with Gasteiger partial charge in [-0.15, -0.1) is 0 Å². The van der Waals surface area contributed by atoms with Gasteiger partial charge < -0.3 is 5.32 Å². The van der Waals surface area contributed by atoms with Crippen LogP contribution in [0.5, 0.6) is 0 Å². The Morgan fingerprint density at radius 2 is 2.46 bits per heavy atom.